The molecule has 1 fully saturated rings. The first-order chi connectivity index (χ1) is 10.1. The summed E-state index contributed by atoms with van der Waals surface area (Å²) in [5, 5.41) is 5.27. The Morgan fingerprint density at radius 2 is 2.38 bits per heavy atom. The van der Waals surface area contributed by atoms with Crippen molar-refractivity contribution in [3.63, 3.8) is 0 Å². The number of carbonyl (C=O) groups excluding carboxylic acids is 2. The van der Waals surface area contributed by atoms with Gasteiger partial charge in [0.1, 0.15) is 0 Å². The first-order valence-corrected chi connectivity index (χ1v) is 8.07. The Hall–Kier alpha value is -1.47. The van der Waals surface area contributed by atoms with Crippen molar-refractivity contribution in [3.8, 4) is 0 Å². The van der Waals surface area contributed by atoms with E-state index >= 15 is 0 Å². The van der Waals surface area contributed by atoms with Gasteiger partial charge in [0.2, 0.25) is 10.9 Å². The largest absolute Gasteiger partial charge is 0.461 e. The maximum absolute atomic E-state index is 11.6. The van der Waals surface area contributed by atoms with Crippen LogP contribution in [0.1, 0.15) is 42.2 Å². The summed E-state index contributed by atoms with van der Waals surface area (Å²) in [5.41, 5.74) is 0.881. The lowest BCUT2D eigenvalue weighted by Gasteiger charge is -2.32. The number of hydrogen-bond donors (Lipinski definition) is 1. The van der Waals surface area contributed by atoms with Crippen LogP contribution in [-0.2, 0) is 16.1 Å². The number of carbonyl (C=O) groups is 2. The van der Waals surface area contributed by atoms with Gasteiger partial charge < -0.3 is 10.1 Å². The zero-order chi connectivity index (χ0) is 15.2. The molecule has 21 heavy (non-hydrogen) atoms. The molecule has 1 aliphatic rings. The average molecular weight is 311 g/mol. The minimum Gasteiger partial charge on any atom is -0.461 e. The summed E-state index contributed by atoms with van der Waals surface area (Å²) in [5.74, 6) is -0.344. The van der Waals surface area contributed by atoms with E-state index in [1.165, 1.54) is 11.3 Å². The summed E-state index contributed by atoms with van der Waals surface area (Å²) in [6, 6.07) is 0.208. The van der Waals surface area contributed by atoms with E-state index < -0.39 is 0 Å². The first kappa shape index (κ1) is 15.9. The summed E-state index contributed by atoms with van der Waals surface area (Å²) in [4.78, 5) is 29.3. The summed E-state index contributed by atoms with van der Waals surface area (Å²) in [7, 11) is 0. The Balaban J connectivity index is 1.89. The number of nitrogens with zero attached hydrogens (tertiary/aromatic N) is 2. The van der Waals surface area contributed by atoms with Crippen molar-refractivity contribution in [3.05, 3.63) is 16.1 Å². The molecule has 0 radical (unpaired) electrons. The van der Waals surface area contributed by atoms with E-state index in [0.29, 0.717) is 18.2 Å². The number of rotatable bonds is 5. The minimum atomic E-state index is -0.358. The summed E-state index contributed by atoms with van der Waals surface area (Å²) < 4.78 is 4.94. The first-order valence-electron chi connectivity index (χ1n) is 7.19. The minimum absolute atomic E-state index is 0.0140. The Morgan fingerprint density at radius 3 is 3.10 bits per heavy atom. The van der Waals surface area contributed by atoms with E-state index in [1.807, 2.05) is 5.38 Å². The topological polar surface area (TPSA) is 71.5 Å². The average Bonchev–Trinajstić information content (AvgIpc) is 2.87. The lowest BCUT2D eigenvalue weighted by atomic mass is 10.1. The second-order valence-electron chi connectivity index (χ2n) is 5.14. The maximum atomic E-state index is 11.6. The summed E-state index contributed by atoms with van der Waals surface area (Å²) in [6.07, 6.45) is 2.07. The molecule has 1 aromatic rings. The molecule has 1 aromatic heterocycles. The number of ether oxygens (including phenoxy) is 1. The van der Waals surface area contributed by atoms with Gasteiger partial charge in [0.15, 0.2) is 0 Å². The van der Waals surface area contributed by atoms with Gasteiger partial charge in [0.25, 0.3) is 0 Å². The van der Waals surface area contributed by atoms with Gasteiger partial charge >= 0.3 is 5.97 Å². The normalized spacial score (nSPS) is 19.2. The van der Waals surface area contributed by atoms with Crippen LogP contribution in [-0.4, -0.2) is 47.5 Å². The van der Waals surface area contributed by atoms with Crippen LogP contribution in [0.4, 0.5) is 0 Å². The molecule has 6 nitrogen and oxygen atoms in total. The molecular weight excluding hydrogens is 290 g/mol. The van der Waals surface area contributed by atoms with Crippen LogP contribution in [0.25, 0.3) is 0 Å². The number of piperidine rings is 1. The van der Waals surface area contributed by atoms with Crippen molar-refractivity contribution in [2.24, 2.45) is 0 Å². The van der Waals surface area contributed by atoms with Crippen molar-refractivity contribution in [2.45, 2.75) is 39.3 Å². The third-order valence-corrected chi connectivity index (χ3v) is 4.17. The standard InChI is InChI=1S/C14H21N3O3S/c1-3-20-14(19)13-16-12(9-21-13)8-17-6-4-5-11(7-17)15-10(2)18/h9,11H,3-8H2,1-2H3,(H,15,18). The van der Waals surface area contributed by atoms with E-state index in [9.17, 15) is 9.59 Å². The maximum Gasteiger partial charge on any atom is 0.367 e. The highest BCUT2D eigenvalue weighted by Crippen LogP contribution is 2.16. The molecule has 1 amide bonds. The van der Waals surface area contributed by atoms with Crippen LogP contribution in [0.3, 0.4) is 0 Å². The van der Waals surface area contributed by atoms with Gasteiger partial charge in [0.05, 0.1) is 12.3 Å². The molecule has 1 N–H and O–H groups in total. The van der Waals surface area contributed by atoms with Crippen LogP contribution < -0.4 is 5.32 Å². The van der Waals surface area contributed by atoms with Crippen LogP contribution in [0.2, 0.25) is 0 Å². The number of nitrogens with one attached hydrogen (secondary N) is 1. The van der Waals surface area contributed by atoms with E-state index in [4.69, 9.17) is 4.74 Å². The predicted octanol–water partition coefficient (Wildman–Crippen LogP) is 1.42. The molecule has 0 aliphatic carbocycles. The zero-order valence-corrected chi connectivity index (χ0v) is 13.2. The van der Waals surface area contributed by atoms with E-state index in [2.05, 4.69) is 15.2 Å². The molecule has 0 aromatic carbocycles. The number of amides is 1. The Kier molecular flexibility index (Phi) is 5.69. The Labute approximate surface area is 128 Å². The summed E-state index contributed by atoms with van der Waals surface area (Å²) in [6.45, 7) is 6.20. The van der Waals surface area contributed by atoms with Crippen LogP contribution >= 0.6 is 11.3 Å². The van der Waals surface area contributed by atoms with Gasteiger partial charge in [-0.25, -0.2) is 9.78 Å². The lowest BCUT2D eigenvalue weighted by molar-refractivity contribution is -0.120. The van der Waals surface area contributed by atoms with Gasteiger partial charge in [-0.05, 0) is 26.3 Å². The highest BCUT2D eigenvalue weighted by molar-refractivity contribution is 7.11. The number of thiazole rings is 1. The molecule has 1 atom stereocenters. The van der Waals surface area contributed by atoms with Crippen molar-refractivity contribution < 1.29 is 14.3 Å². The number of likely N-dealkylation sites (tertiary alicyclic amines) is 1. The Bertz CT molecular complexity index is 503. The molecular formula is C14H21N3O3S. The highest BCUT2D eigenvalue weighted by Gasteiger charge is 2.21. The molecule has 1 unspecified atom stereocenters. The van der Waals surface area contributed by atoms with Crippen molar-refractivity contribution in [1.82, 2.24) is 15.2 Å². The monoisotopic (exact) mass is 311 g/mol. The molecule has 0 bridgehead atoms. The van der Waals surface area contributed by atoms with Gasteiger partial charge in [-0.2, -0.15) is 0 Å². The Morgan fingerprint density at radius 1 is 1.57 bits per heavy atom. The molecule has 1 saturated heterocycles. The van der Waals surface area contributed by atoms with E-state index in [0.717, 1.165) is 31.6 Å². The number of hydrogen-bond acceptors (Lipinski definition) is 6. The highest BCUT2D eigenvalue weighted by atomic mass is 32.1. The molecule has 1 aliphatic heterocycles. The van der Waals surface area contributed by atoms with Crippen LogP contribution in [0.5, 0.6) is 0 Å². The number of esters is 1. The smallest absolute Gasteiger partial charge is 0.367 e. The molecule has 0 saturated carbocycles. The molecule has 116 valence electrons. The quantitative estimate of drug-likeness (QED) is 0.833. The van der Waals surface area contributed by atoms with Crippen LogP contribution in [0.15, 0.2) is 5.38 Å². The van der Waals surface area contributed by atoms with Crippen molar-refractivity contribution in [2.75, 3.05) is 19.7 Å². The molecule has 2 rings (SSSR count). The summed E-state index contributed by atoms with van der Waals surface area (Å²) >= 11 is 1.32. The lowest BCUT2D eigenvalue weighted by Crippen LogP contribution is -2.46. The second kappa shape index (κ2) is 7.51. The van der Waals surface area contributed by atoms with Gasteiger partial charge in [0, 0.05) is 31.4 Å². The fraction of sp³-hybridized carbons (Fsp3) is 0.643. The van der Waals surface area contributed by atoms with Gasteiger partial charge in [-0.15, -0.1) is 11.3 Å². The number of aromatic nitrogens is 1. The van der Waals surface area contributed by atoms with E-state index in [1.54, 1.807) is 13.8 Å². The van der Waals surface area contributed by atoms with Crippen LogP contribution in [0, 0.1) is 0 Å². The fourth-order valence-electron chi connectivity index (χ4n) is 2.50. The third kappa shape index (κ3) is 4.78. The SMILES string of the molecule is CCOC(=O)c1nc(CN2CCCC(NC(C)=O)C2)cs1. The molecule has 7 heteroatoms. The molecule has 2 heterocycles. The van der Waals surface area contributed by atoms with E-state index in [-0.39, 0.29) is 17.9 Å². The second-order valence-corrected chi connectivity index (χ2v) is 6.00. The van der Waals surface area contributed by atoms with Gasteiger partial charge in [-0.1, -0.05) is 0 Å². The van der Waals surface area contributed by atoms with Gasteiger partial charge in [-0.3, -0.25) is 9.69 Å². The fourth-order valence-corrected chi connectivity index (χ4v) is 3.20. The third-order valence-electron chi connectivity index (χ3n) is 3.30. The predicted molar refractivity (Wildman–Crippen MR) is 80.2 cm³/mol. The van der Waals surface area contributed by atoms with Crippen molar-refractivity contribution in [1.29, 1.82) is 0 Å². The zero-order valence-electron chi connectivity index (χ0n) is 12.4. The van der Waals surface area contributed by atoms with Crippen molar-refractivity contribution >= 4 is 23.2 Å². The molecule has 0 spiro atoms.